The zero-order chi connectivity index (χ0) is 13.5. The molecule has 5 heteroatoms. The van der Waals surface area contributed by atoms with Crippen molar-refractivity contribution in [1.29, 1.82) is 0 Å². The smallest absolute Gasteiger partial charge is 0.305 e. The molecule has 1 rings (SSSR count). The van der Waals surface area contributed by atoms with Crippen LogP contribution >= 0.6 is 11.6 Å². The largest absolute Gasteiger partial charge is 0.466 e. The molecule has 1 atom stereocenters. The van der Waals surface area contributed by atoms with Gasteiger partial charge in [0.15, 0.2) is 0 Å². The molecule has 0 amide bonds. The molecule has 1 aromatic rings. The van der Waals surface area contributed by atoms with Crippen molar-refractivity contribution in [2.24, 2.45) is 5.73 Å². The first kappa shape index (κ1) is 14.9. The van der Waals surface area contributed by atoms with Crippen LogP contribution in [0.2, 0.25) is 5.02 Å². The summed E-state index contributed by atoms with van der Waals surface area (Å²) in [4.78, 5) is 11.1. The molecule has 0 aliphatic rings. The van der Waals surface area contributed by atoms with E-state index >= 15 is 0 Å². The third kappa shape index (κ3) is 4.63. The number of carbonyl (C=O) groups is 1. The average molecular weight is 274 g/mol. The van der Waals surface area contributed by atoms with E-state index in [2.05, 4.69) is 0 Å². The number of hydrogen-bond acceptors (Lipinski definition) is 3. The fourth-order valence-electron chi connectivity index (χ4n) is 1.63. The first-order valence-electron chi connectivity index (χ1n) is 5.88. The standard InChI is InChI=1S/C13H17ClFNO2/c1-2-18-12(17)7-6-10(16)8-9-4-3-5-11(14)13(9)15/h3-5,10H,2,6-8,16H2,1H3. The lowest BCUT2D eigenvalue weighted by atomic mass is 10.0. The lowest BCUT2D eigenvalue weighted by molar-refractivity contribution is -0.143. The fourth-order valence-corrected chi connectivity index (χ4v) is 1.82. The Hall–Kier alpha value is -1.13. The third-order valence-corrected chi connectivity index (χ3v) is 2.83. The highest BCUT2D eigenvalue weighted by molar-refractivity contribution is 6.30. The van der Waals surface area contributed by atoms with Crippen LogP contribution in [-0.2, 0) is 16.0 Å². The van der Waals surface area contributed by atoms with E-state index in [0.717, 1.165) is 0 Å². The van der Waals surface area contributed by atoms with Gasteiger partial charge in [0.05, 0.1) is 11.6 Å². The number of rotatable bonds is 6. The average Bonchev–Trinajstić information content (AvgIpc) is 2.33. The van der Waals surface area contributed by atoms with E-state index in [1.54, 1.807) is 19.1 Å². The molecule has 0 bridgehead atoms. The molecule has 0 fully saturated rings. The monoisotopic (exact) mass is 273 g/mol. The van der Waals surface area contributed by atoms with Crippen molar-refractivity contribution in [3.63, 3.8) is 0 Å². The second-order valence-electron chi connectivity index (χ2n) is 4.02. The maximum absolute atomic E-state index is 13.6. The van der Waals surface area contributed by atoms with Gasteiger partial charge >= 0.3 is 5.97 Å². The van der Waals surface area contributed by atoms with Gasteiger partial charge in [-0.3, -0.25) is 4.79 Å². The van der Waals surface area contributed by atoms with Crippen molar-refractivity contribution >= 4 is 17.6 Å². The molecule has 100 valence electrons. The predicted octanol–water partition coefficient (Wildman–Crippen LogP) is 2.69. The van der Waals surface area contributed by atoms with Gasteiger partial charge in [0.1, 0.15) is 5.82 Å². The van der Waals surface area contributed by atoms with E-state index < -0.39 is 5.82 Å². The first-order valence-corrected chi connectivity index (χ1v) is 6.26. The van der Waals surface area contributed by atoms with Crippen LogP contribution in [-0.4, -0.2) is 18.6 Å². The number of ether oxygens (including phenoxy) is 1. The number of carbonyl (C=O) groups excluding carboxylic acids is 1. The van der Waals surface area contributed by atoms with Crippen LogP contribution in [0.3, 0.4) is 0 Å². The molecular weight excluding hydrogens is 257 g/mol. The highest BCUT2D eigenvalue weighted by Gasteiger charge is 2.12. The molecular formula is C13H17ClFNO2. The van der Waals surface area contributed by atoms with Crippen LogP contribution in [0.4, 0.5) is 4.39 Å². The Balaban J connectivity index is 2.47. The molecule has 0 spiro atoms. The number of esters is 1. The lowest BCUT2D eigenvalue weighted by Gasteiger charge is -2.12. The van der Waals surface area contributed by atoms with Gasteiger partial charge in [-0.1, -0.05) is 23.7 Å². The molecule has 1 unspecified atom stereocenters. The zero-order valence-electron chi connectivity index (χ0n) is 10.3. The van der Waals surface area contributed by atoms with Crippen molar-refractivity contribution in [3.05, 3.63) is 34.6 Å². The van der Waals surface area contributed by atoms with Gasteiger partial charge in [-0.05, 0) is 31.4 Å². The summed E-state index contributed by atoms with van der Waals surface area (Å²) in [5.41, 5.74) is 6.32. The van der Waals surface area contributed by atoms with E-state index in [4.69, 9.17) is 22.1 Å². The number of nitrogens with two attached hydrogens (primary N) is 1. The molecule has 0 aliphatic carbocycles. The maximum atomic E-state index is 13.6. The summed E-state index contributed by atoms with van der Waals surface area (Å²) in [5.74, 6) is -0.717. The predicted molar refractivity (Wildman–Crippen MR) is 69.0 cm³/mol. The van der Waals surface area contributed by atoms with Crippen LogP contribution in [0.15, 0.2) is 18.2 Å². The van der Waals surface area contributed by atoms with Crippen molar-refractivity contribution in [3.8, 4) is 0 Å². The van der Waals surface area contributed by atoms with Gasteiger partial charge in [-0.15, -0.1) is 0 Å². The van der Waals surface area contributed by atoms with Crippen LogP contribution in [0.25, 0.3) is 0 Å². The molecule has 2 N–H and O–H groups in total. The highest BCUT2D eigenvalue weighted by atomic mass is 35.5. The zero-order valence-corrected chi connectivity index (χ0v) is 11.0. The van der Waals surface area contributed by atoms with E-state index in [1.807, 2.05) is 0 Å². The molecule has 3 nitrogen and oxygen atoms in total. The summed E-state index contributed by atoms with van der Waals surface area (Å²) in [6.07, 6.45) is 1.06. The third-order valence-electron chi connectivity index (χ3n) is 2.54. The van der Waals surface area contributed by atoms with Crippen LogP contribution in [0, 0.1) is 5.82 Å². The summed E-state index contributed by atoms with van der Waals surface area (Å²) in [6, 6.07) is 4.52. The number of hydrogen-bond donors (Lipinski definition) is 1. The molecule has 1 aromatic carbocycles. The van der Waals surface area contributed by atoms with Crippen LogP contribution in [0.5, 0.6) is 0 Å². The quantitative estimate of drug-likeness (QED) is 0.811. The van der Waals surface area contributed by atoms with Crippen LogP contribution in [0.1, 0.15) is 25.3 Å². The molecule has 18 heavy (non-hydrogen) atoms. The van der Waals surface area contributed by atoms with Crippen molar-refractivity contribution < 1.29 is 13.9 Å². The Bertz CT molecular complexity index is 412. The molecule has 0 aliphatic heterocycles. The second-order valence-corrected chi connectivity index (χ2v) is 4.43. The molecule has 0 heterocycles. The molecule has 0 aromatic heterocycles. The van der Waals surface area contributed by atoms with Gasteiger partial charge < -0.3 is 10.5 Å². The number of halogens is 2. The molecule has 0 radical (unpaired) electrons. The summed E-state index contributed by atoms with van der Waals surface area (Å²) < 4.78 is 18.4. The van der Waals surface area contributed by atoms with Gasteiger partial charge in [0.25, 0.3) is 0 Å². The fraction of sp³-hybridized carbons (Fsp3) is 0.462. The van der Waals surface area contributed by atoms with E-state index in [9.17, 15) is 9.18 Å². The molecule has 0 saturated carbocycles. The Morgan fingerprint density at radius 3 is 2.94 bits per heavy atom. The Kier molecular flexibility index (Phi) is 6.09. The second kappa shape index (κ2) is 7.34. The highest BCUT2D eigenvalue weighted by Crippen LogP contribution is 2.19. The van der Waals surface area contributed by atoms with Gasteiger partial charge in [0.2, 0.25) is 0 Å². The van der Waals surface area contributed by atoms with E-state index in [0.29, 0.717) is 25.0 Å². The summed E-state index contributed by atoms with van der Waals surface area (Å²) in [6.45, 7) is 2.11. The Morgan fingerprint density at radius 1 is 1.56 bits per heavy atom. The minimum absolute atomic E-state index is 0.0880. The maximum Gasteiger partial charge on any atom is 0.305 e. The van der Waals surface area contributed by atoms with E-state index in [-0.39, 0.29) is 23.5 Å². The van der Waals surface area contributed by atoms with Crippen molar-refractivity contribution in [1.82, 2.24) is 0 Å². The van der Waals surface area contributed by atoms with Crippen molar-refractivity contribution in [2.45, 2.75) is 32.2 Å². The minimum Gasteiger partial charge on any atom is -0.466 e. The first-order chi connectivity index (χ1) is 8.54. The summed E-state index contributed by atoms with van der Waals surface area (Å²) in [5, 5.41) is 0.0880. The topological polar surface area (TPSA) is 52.3 Å². The summed E-state index contributed by atoms with van der Waals surface area (Å²) >= 11 is 5.68. The van der Waals surface area contributed by atoms with Crippen LogP contribution < -0.4 is 5.73 Å². The van der Waals surface area contributed by atoms with Gasteiger partial charge in [-0.2, -0.15) is 0 Å². The summed E-state index contributed by atoms with van der Waals surface area (Å²) in [7, 11) is 0. The SMILES string of the molecule is CCOC(=O)CCC(N)Cc1cccc(Cl)c1F. The Morgan fingerprint density at radius 2 is 2.28 bits per heavy atom. The van der Waals surface area contributed by atoms with Crippen molar-refractivity contribution in [2.75, 3.05) is 6.61 Å². The van der Waals surface area contributed by atoms with Gasteiger partial charge in [0, 0.05) is 12.5 Å². The minimum atomic E-state index is -0.439. The van der Waals surface area contributed by atoms with E-state index in [1.165, 1.54) is 6.07 Å². The molecule has 0 saturated heterocycles. The normalized spacial score (nSPS) is 12.2. The number of benzene rings is 1. The lowest BCUT2D eigenvalue weighted by Crippen LogP contribution is -2.24. The van der Waals surface area contributed by atoms with Gasteiger partial charge in [-0.25, -0.2) is 4.39 Å². The Labute approximate surface area is 111 Å².